The van der Waals surface area contributed by atoms with Crippen LogP contribution in [0.3, 0.4) is 0 Å². The summed E-state index contributed by atoms with van der Waals surface area (Å²) in [6, 6.07) is 0. The summed E-state index contributed by atoms with van der Waals surface area (Å²) in [6.45, 7) is 5.75. The molecule has 1 rings (SSSR count). The van der Waals surface area contributed by atoms with Crippen molar-refractivity contribution in [1.29, 1.82) is 0 Å². The molecule has 0 bridgehead atoms. The molecule has 100 valence electrons. The molecule has 1 aromatic heterocycles. The van der Waals surface area contributed by atoms with Gasteiger partial charge in [-0.15, -0.1) is 0 Å². The maximum atomic E-state index is 12.1. The Morgan fingerprint density at radius 1 is 1.33 bits per heavy atom. The van der Waals surface area contributed by atoms with Crippen LogP contribution in [0.25, 0.3) is 0 Å². The van der Waals surface area contributed by atoms with E-state index in [2.05, 4.69) is 4.98 Å². The first-order chi connectivity index (χ1) is 8.10. The lowest BCUT2D eigenvalue weighted by Gasteiger charge is -2.13. The van der Waals surface area contributed by atoms with Crippen molar-refractivity contribution in [2.24, 2.45) is 0 Å². The maximum Gasteiger partial charge on any atom is 0.294 e. The van der Waals surface area contributed by atoms with Crippen molar-refractivity contribution in [3.63, 3.8) is 0 Å². The molecule has 0 amide bonds. The highest BCUT2D eigenvalue weighted by Gasteiger charge is 2.31. The summed E-state index contributed by atoms with van der Waals surface area (Å²) in [4.78, 5) is 13.8. The van der Waals surface area contributed by atoms with Crippen LogP contribution in [0.1, 0.15) is 25.1 Å². The third kappa shape index (κ3) is 2.32. The molecule has 0 N–H and O–H groups in total. The van der Waals surface area contributed by atoms with E-state index in [1.54, 1.807) is 0 Å². The molecule has 1 heterocycles. The molecule has 18 heavy (non-hydrogen) atoms. The summed E-state index contributed by atoms with van der Waals surface area (Å²) < 4.78 is 24.2. The van der Waals surface area contributed by atoms with Crippen molar-refractivity contribution in [3.05, 3.63) is 26.5 Å². The minimum atomic E-state index is -3.71. The Bertz CT molecular complexity index is 611. The molecule has 0 fully saturated rings. The molecule has 8 heteroatoms. The average Bonchev–Trinajstić information content (AvgIpc) is 2.14. The summed E-state index contributed by atoms with van der Waals surface area (Å²) in [5.41, 5.74) is -0.171. The second-order valence-corrected chi connectivity index (χ2v) is 6.94. The second-order valence-electron chi connectivity index (χ2n) is 4.14. The van der Waals surface area contributed by atoms with Crippen LogP contribution < -0.4 is 0 Å². The zero-order chi connectivity index (χ0) is 14.2. The zero-order valence-corrected chi connectivity index (χ0v) is 12.0. The Balaban J connectivity index is 3.78. The highest BCUT2D eigenvalue weighted by molar-refractivity contribution is 7.92. The number of nitro groups is 1. The lowest BCUT2D eigenvalue weighted by atomic mass is 10.2. The number of halogens is 1. The number of pyridine rings is 1. The highest BCUT2D eigenvalue weighted by Crippen LogP contribution is 2.34. The highest BCUT2D eigenvalue weighted by atomic mass is 35.5. The van der Waals surface area contributed by atoms with Gasteiger partial charge in [0, 0.05) is 0 Å². The van der Waals surface area contributed by atoms with Gasteiger partial charge < -0.3 is 0 Å². The van der Waals surface area contributed by atoms with Crippen LogP contribution >= 0.6 is 11.6 Å². The number of nitrogens with zero attached hydrogens (tertiary/aromatic N) is 2. The van der Waals surface area contributed by atoms with Crippen molar-refractivity contribution in [1.82, 2.24) is 4.98 Å². The van der Waals surface area contributed by atoms with E-state index < -0.39 is 20.0 Å². The first-order valence-corrected chi connectivity index (χ1v) is 7.08. The second kappa shape index (κ2) is 4.81. The predicted molar refractivity (Wildman–Crippen MR) is 67.7 cm³/mol. The van der Waals surface area contributed by atoms with E-state index in [0.29, 0.717) is 0 Å². The Labute approximate surface area is 110 Å². The van der Waals surface area contributed by atoms with Gasteiger partial charge in [-0.3, -0.25) is 10.1 Å². The Kier molecular flexibility index (Phi) is 3.97. The van der Waals surface area contributed by atoms with Gasteiger partial charge in [-0.05, 0) is 27.7 Å². The molecule has 0 aromatic carbocycles. The van der Waals surface area contributed by atoms with Gasteiger partial charge in [0.2, 0.25) is 0 Å². The van der Waals surface area contributed by atoms with Crippen LogP contribution in [0.5, 0.6) is 0 Å². The van der Waals surface area contributed by atoms with Gasteiger partial charge in [0.1, 0.15) is 15.7 Å². The molecular formula is C10H13ClN2O4S. The molecule has 0 aliphatic heterocycles. The molecule has 0 spiro atoms. The molecule has 0 unspecified atom stereocenters. The monoisotopic (exact) mass is 292 g/mol. The van der Waals surface area contributed by atoms with Gasteiger partial charge >= 0.3 is 0 Å². The molecule has 0 atom stereocenters. The molecular weight excluding hydrogens is 280 g/mol. The standard InChI is InChI=1S/C10H13ClN2O4S/c1-5(2)18(16,17)9-6(3)8(13(14)15)7(4)12-10(9)11/h5H,1-4H3. The summed E-state index contributed by atoms with van der Waals surface area (Å²) in [5, 5.41) is 9.99. The van der Waals surface area contributed by atoms with E-state index in [-0.39, 0.29) is 27.0 Å². The zero-order valence-electron chi connectivity index (χ0n) is 10.4. The Hall–Kier alpha value is -1.21. The number of rotatable bonds is 3. The third-order valence-electron chi connectivity index (χ3n) is 2.58. The quantitative estimate of drug-likeness (QED) is 0.485. The largest absolute Gasteiger partial charge is 0.294 e. The number of aryl methyl sites for hydroxylation is 1. The first kappa shape index (κ1) is 14.8. The topological polar surface area (TPSA) is 90.2 Å². The Morgan fingerprint density at radius 2 is 1.83 bits per heavy atom. The number of hydrogen-bond donors (Lipinski definition) is 0. The number of aromatic nitrogens is 1. The van der Waals surface area contributed by atoms with Crippen LogP contribution in [0.4, 0.5) is 5.69 Å². The summed E-state index contributed by atoms with van der Waals surface area (Å²) in [5.74, 6) is 0. The average molecular weight is 293 g/mol. The van der Waals surface area contributed by atoms with Crippen molar-refractivity contribution in [2.45, 2.75) is 37.8 Å². The van der Waals surface area contributed by atoms with E-state index in [1.165, 1.54) is 27.7 Å². The molecule has 0 saturated heterocycles. The van der Waals surface area contributed by atoms with Gasteiger partial charge in [0.25, 0.3) is 5.69 Å². The maximum absolute atomic E-state index is 12.1. The number of hydrogen-bond acceptors (Lipinski definition) is 5. The van der Waals surface area contributed by atoms with E-state index in [9.17, 15) is 18.5 Å². The molecule has 0 saturated carbocycles. The van der Waals surface area contributed by atoms with E-state index in [1.807, 2.05) is 0 Å². The minimum Gasteiger partial charge on any atom is -0.258 e. The normalized spacial score (nSPS) is 11.9. The molecule has 1 aromatic rings. The van der Waals surface area contributed by atoms with Crippen molar-refractivity contribution in [2.75, 3.05) is 0 Å². The fraction of sp³-hybridized carbons (Fsp3) is 0.500. The minimum absolute atomic E-state index is 0.0335. The molecule has 6 nitrogen and oxygen atoms in total. The van der Waals surface area contributed by atoms with Crippen molar-refractivity contribution in [3.8, 4) is 0 Å². The molecule has 0 aliphatic rings. The van der Waals surface area contributed by atoms with E-state index >= 15 is 0 Å². The van der Waals surface area contributed by atoms with Crippen LogP contribution in [-0.2, 0) is 9.84 Å². The fourth-order valence-corrected chi connectivity index (χ4v) is 3.49. The third-order valence-corrected chi connectivity index (χ3v) is 5.27. The van der Waals surface area contributed by atoms with Crippen molar-refractivity contribution < 1.29 is 13.3 Å². The van der Waals surface area contributed by atoms with Crippen LogP contribution in [0.2, 0.25) is 5.15 Å². The smallest absolute Gasteiger partial charge is 0.258 e. The lowest BCUT2D eigenvalue weighted by molar-refractivity contribution is -0.386. The van der Waals surface area contributed by atoms with Gasteiger partial charge in [0.05, 0.1) is 15.7 Å². The van der Waals surface area contributed by atoms with Crippen LogP contribution in [-0.4, -0.2) is 23.6 Å². The SMILES string of the molecule is Cc1nc(Cl)c(S(=O)(=O)C(C)C)c(C)c1[N+](=O)[O-]. The van der Waals surface area contributed by atoms with Crippen molar-refractivity contribution >= 4 is 27.1 Å². The summed E-state index contributed by atoms with van der Waals surface area (Å²) >= 11 is 5.83. The fourth-order valence-electron chi connectivity index (χ4n) is 1.62. The predicted octanol–water partition coefficient (Wildman–Crippen LogP) is 2.44. The van der Waals surface area contributed by atoms with Gasteiger partial charge in [-0.2, -0.15) is 0 Å². The van der Waals surface area contributed by atoms with E-state index in [4.69, 9.17) is 11.6 Å². The summed E-state index contributed by atoms with van der Waals surface area (Å²) in [7, 11) is -3.71. The lowest BCUT2D eigenvalue weighted by Crippen LogP contribution is -2.17. The van der Waals surface area contributed by atoms with Gasteiger partial charge in [-0.25, -0.2) is 13.4 Å². The van der Waals surface area contributed by atoms with Gasteiger partial charge in [0.15, 0.2) is 9.84 Å². The molecule has 0 radical (unpaired) electrons. The Morgan fingerprint density at radius 3 is 2.22 bits per heavy atom. The molecule has 0 aliphatic carbocycles. The van der Waals surface area contributed by atoms with Crippen LogP contribution in [0, 0.1) is 24.0 Å². The van der Waals surface area contributed by atoms with Gasteiger partial charge in [-0.1, -0.05) is 11.6 Å². The van der Waals surface area contributed by atoms with E-state index in [0.717, 1.165) is 0 Å². The summed E-state index contributed by atoms with van der Waals surface area (Å²) in [6.07, 6.45) is 0. The van der Waals surface area contributed by atoms with Crippen LogP contribution in [0.15, 0.2) is 4.90 Å². The number of sulfone groups is 1. The first-order valence-electron chi connectivity index (χ1n) is 5.15.